The highest BCUT2D eigenvalue weighted by molar-refractivity contribution is 5.37. The van der Waals surface area contributed by atoms with E-state index in [9.17, 15) is 4.39 Å². The van der Waals surface area contributed by atoms with Crippen molar-refractivity contribution in [3.05, 3.63) is 17.8 Å². The van der Waals surface area contributed by atoms with Crippen LogP contribution in [-0.2, 0) is 6.42 Å². The van der Waals surface area contributed by atoms with E-state index >= 15 is 0 Å². The summed E-state index contributed by atoms with van der Waals surface area (Å²) in [6.07, 6.45) is 5.74. The van der Waals surface area contributed by atoms with E-state index in [4.69, 9.17) is 0 Å². The van der Waals surface area contributed by atoms with Crippen molar-refractivity contribution in [3.8, 4) is 0 Å². The number of rotatable bonds is 4. The largest absolute Gasteiger partial charge is 0.367 e. The molecule has 0 aliphatic heterocycles. The lowest BCUT2D eigenvalue weighted by atomic mass is 9.70. The maximum Gasteiger partial charge on any atom is 0.186 e. The van der Waals surface area contributed by atoms with Crippen molar-refractivity contribution in [1.29, 1.82) is 0 Å². The van der Waals surface area contributed by atoms with Crippen molar-refractivity contribution in [1.82, 2.24) is 9.97 Å². The number of hydrogen-bond donors (Lipinski definition) is 1. The van der Waals surface area contributed by atoms with Crippen molar-refractivity contribution < 1.29 is 4.39 Å². The average Bonchev–Trinajstić information content (AvgIpc) is 2.25. The van der Waals surface area contributed by atoms with Gasteiger partial charge in [0, 0.05) is 6.54 Å². The molecule has 0 amide bonds. The summed E-state index contributed by atoms with van der Waals surface area (Å²) in [6.45, 7) is 4.91. The van der Waals surface area contributed by atoms with Gasteiger partial charge in [0.1, 0.15) is 6.33 Å². The minimum Gasteiger partial charge on any atom is -0.367 e. The van der Waals surface area contributed by atoms with Gasteiger partial charge in [-0.1, -0.05) is 20.3 Å². The Labute approximate surface area is 95.5 Å². The summed E-state index contributed by atoms with van der Waals surface area (Å²) >= 11 is 0. The van der Waals surface area contributed by atoms with E-state index in [1.807, 2.05) is 6.92 Å². The Morgan fingerprint density at radius 3 is 2.75 bits per heavy atom. The van der Waals surface area contributed by atoms with Crippen LogP contribution in [0.25, 0.3) is 0 Å². The van der Waals surface area contributed by atoms with Gasteiger partial charge in [-0.15, -0.1) is 0 Å². The molecule has 0 unspecified atom stereocenters. The van der Waals surface area contributed by atoms with Crippen molar-refractivity contribution in [3.63, 3.8) is 0 Å². The Bertz CT molecular complexity index is 375. The number of aromatic nitrogens is 2. The van der Waals surface area contributed by atoms with E-state index in [2.05, 4.69) is 22.2 Å². The first-order valence-corrected chi connectivity index (χ1v) is 5.88. The van der Waals surface area contributed by atoms with Gasteiger partial charge in [0.25, 0.3) is 0 Å². The predicted octanol–water partition coefficient (Wildman–Crippen LogP) is 2.78. The fraction of sp³-hybridized carbons (Fsp3) is 0.667. The van der Waals surface area contributed by atoms with Crippen LogP contribution in [0.3, 0.4) is 0 Å². The Morgan fingerprint density at radius 1 is 1.44 bits per heavy atom. The molecular weight excluding hydrogens is 205 g/mol. The number of nitrogens with one attached hydrogen (secondary N) is 1. The zero-order valence-electron chi connectivity index (χ0n) is 9.89. The Hall–Kier alpha value is -1.19. The fourth-order valence-corrected chi connectivity index (χ4v) is 2.03. The average molecular weight is 223 g/mol. The summed E-state index contributed by atoms with van der Waals surface area (Å²) in [5.74, 6) is 0.0490. The highest BCUT2D eigenvalue weighted by Gasteiger charge is 2.31. The first kappa shape index (κ1) is 11.3. The van der Waals surface area contributed by atoms with Gasteiger partial charge in [-0.25, -0.2) is 14.4 Å². The first-order chi connectivity index (χ1) is 7.64. The number of halogens is 1. The summed E-state index contributed by atoms with van der Waals surface area (Å²) in [5.41, 5.74) is 0.806. The molecule has 3 nitrogen and oxygen atoms in total. The number of nitrogens with zero attached hydrogens (tertiary/aromatic N) is 2. The Balaban J connectivity index is 2.03. The topological polar surface area (TPSA) is 37.8 Å². The zero-order valence-corrected chi connectivity index (χ0v) is 9.89. The van der Waals surface area contributed by atoms with Crippen LogP contribution in [0.1, 0.15) is 38.8 Å². The maximum absolute atomic E-state index is 13.8. The molecule has 1 aromatic heterocycles. The summed E-state index contributed by atoms with van der Waals surface area (Å²) in [4.78, 5) is 7.86. The molecule has 1 aliphatic carbocycles. The van der Waals surface area contributed by atoms with Crippen LogP contribution < -0.4 is 5.32 Å². The van der Waals surface area contributed by atoms with Gasteiger partial charge in [-0.2, -0.15) is 0 Å². The molecular formula is C12H18FN3. The van der Waals surface area contributed by atoms with E-state index < -0.39 is 0 Å². The van der Waals surface area contributed by atoms with E-state index in [1.165, 1.54) is 25.6 Å². The second-order valence-electron chi connectivity index (χ2n) is 4.85. The molecule has 1 aromatic rings. The third-order valence-corrected chi connectivity index (χ3v) is 3.44. The second-order valence-corrected chi connectivity index (χ2v) is 4.85. The molecule has 1 aliphatic rings. The molecule has 1 fully saturated rings. The molecule has 4 heteroatoms. The lowest BCUT2D eigenvalue weighted by molar-refractivity contribution is 0.179. The van der Waals surface area contributed by atoms with Crippen LogP contribution in [-0.4, -0.2) is 16.5 Å². The lowest BCUT2D eigenvalue weighted by Crippen LogP contribution is -2.33. The molecule has 0 aromatic carbocycles. The SMILES string of the molecule is CCc1ncnc(NCC2(C)CCC2)c1F. The quantitative estimate of drug-likeness (QED) is 0.853. The summed E-state index contributed by atoms with van der Waals surface area (Å²) in [7, 11) is 0. The van der Waals surface area contributed by atoms with Crippen molar-refractivity contribution >= 4 is 5.82 Å². The summed E-state index contributed by atoms with van der Waals surface area (Å²) in [6, 6.07) is 0. The molecule has 1 heterocycles. The second kappa shape index (κ2) is 4.36. The molecule has 0 saturated heterocycles. The standard InChI is InChI=1S/C12H18FN3/c1-3-9-10(13)11(16-8-15-9)14-7-12(2)5-4-6-12/h8H,3-7H2,1-2H3,(H,14,15,16). The number of anilines is 1. The van der Waals surface area contributed by atoms with E-state index in [0.29, 0.717) is 23.3 Å². The van der Waals surface area contributed by atoms with Crippen LogP contribution in [0.2, 0.25) is 0 Å². The van der Waals surface area contributed by atoms with Crippen LogP contribution in [0.4, 0.5) is 10.2 Å². The van der Waals surface area contributed by atoms with Gasteiger partial charge in [-0.3, -0.25) is 0 Å². The predicted molar refractivity (Wildman–Crippen MR) is 61.8 cm³/mol. The molecule has 1 saturated carbocycles. The highest BCUT2D eigenvalue weighted by Crippen LogP contribution is 2.40. The third-order valence-electron chi connectivity index (χ3n) is 3.44. The Morgan fingerprint density at radius 2 is 2.19 bits per heavy atom. The molecule has 16 heavy (non-hydrogen) atoms. The van der Waals surface area contributed by atoms with Gasteiger partial charge in [-0.05, 0) is 24.7 Å². The molecule has 0 bridgehead atoms. The van der Waals surface area contributed by atoms with Gasteiger partial charge in [0.15, 0.2) is 11.6 Å². The molecule has 0 spiro atoms. The monoisotopic (exact) mass is 223 g/mol. The molecule has 2 rings (SSSR count). The normalized spacial score (nSPS) is 17.9. The lowest BCUT2D eigenvalue weighted by Gasteiger charge is -2.38. The van der Waals surface area contributed by atoms with Gasteiger partial charge < -0.3 is 5.32 Å². The highest BCUT2D eigenvalue weighted by atomic mass is 19.1. The molecule has 0 atom stereocenters. The fourth-order valence-electron chi connectivity index (χ4n) is 2.03. The van der Waals surface area contributed by atoms with Gasteiger partial charge in [0.2, 0.25) is 0 Å². The van der Waals surface area contributed by atoms with Crippen LogP contribution in [0.15, 0.2) is 6.33 Å². The third kappa shape index (κ3) is 2.15. The molecule has 1 N–H and O–H groups in total. The minimum atomic E-state index is -0.298. The maximum atomic E-state index is 13.8. The summed E-state index contributed by atoms with van der Waals surface area (Å²) in [5, 5.41) is 3.10. The van der Waals surface area contributed by atoms with E-state index in [-0.39, 0.29) is 5.82 Å². The van der Waals surface area contributed by atoms with E-state index in [0.717, 1.165) is 6.54 Å². The van der Waals surface area contributed by atoms with Gasteiger partial charge >= 0.3 is 0 Å². The van der Waals surface area contributed by atoms with Crippen LogP contribution in [0.5, 0.6) is 0 Å². The molecule has 0 radical (unpaired) electrons. The van der Waals surface area contributed by atoms with E-state index in [1.54, 1.807) is 0 Å². The summed E-state index contributed by atoms with van der Waals surface area (Å²) < 4.78 is 13.8. The zero-order chi connectivity index (χ0) is 11.6. The first-order valence-electron chi connectivity index (χ1n) is 5.88. The van der Waals surface area contributed by atoms with Crippen molar-refractivity contribution in [2.24, 2.45) is 5.41 Å². The Kier molecular flexibility index (Phi) is 3.08. The molecule has 88 valence electrons. The van der Waals surface area contributed by atoms with Crippen LogP contribution in [0, 0.1) is 11.2 Å². The smallest absolute Gasteiger partial charge is 0.186 e. The van der Waals surface area contributed by atoms with Crippen LogP contribution >= 0.6 is 0 Å². The van der Waals surface area contributed by atoms with Crippen molar-refractivity contribution in [2.75, 3.05) is 11.9 Å². The minimum absolute atomic E-state index is 0.298. The number of aryl methyl sites for hydroxylation is 1. The van der Waals surface area contributed by atoms with Crippen molar-refractivity contribution in [2.45, 2.75) is 39.5 Å². The van der Waals surface area contributed by atoms with Gasteiger partial charge in [0.05, 0.1) is 5.69 Å². The number of hydrogen-bond acceptors (Lipinski definition) is 3.